The summed E-state index contributed by atoms with van der Waals surface area (Å²) in [5, 5.41) is 33.3. The molecule has 19 nitrogen and oxygen atoms in total. The molecule has 19 heteroatoms. The first-order chi connectivity index (χ1) is 25.3. The number of aliphatic hydroxyl groups is 1. The number of anilines is 1. The van der Waals surface area contributed by atoms with Gasteiger partial charge in [0.2, 0.25) is 41.4 Å². The Balaban J connectivity index is 3.16. The van der Waals surface area contributed by atoms with Gasteiger partial charge in [0.1, 0.15) is 36.3 Å². The number of nitrogens with one attached hydrogen (secondary N) is 6. The molecule has 1 aromatic carbocycles. The minimum atomic E-state index is -1.68. The van der Waals surface area contributed by atoms with E-state index in [1.165, 1.54) is 0 Å². The van der Waals surface area contributed by atoms with Gasteiger partial charge in [-0.25, -0.2) is 0 Å². The lowest BCUT2D eigenvalue weighted by Gasteiger charge is -2.27. The Labute approximate surface area is 314 Å². The van der Waals surface area contributed by atoms with Crippen LogP contribution in [0, 0.1) is 11.8 Å². The van der Waals surface area contributed by atoms with Crippen molar-refractivity contribution in [3.8, 4) is 0 Å². The maximum Gasteiger partial charge on any atom is 0.305 e. The number of carbonyl (C=O) groups excluding carboxylic acids is 7. The van der Waals surface area contributed by atoms with Gasteiger partial charge in [0, 0.05) is 12.1 Å². The van der Waals surface area contributed by atoms with E-state index in [4.69, 9.17) is 17.2 Å². The van der Waals surface area contributed by atoms with Crippen LogP contribution in [-0.4, -0.2) is 107 Å². The number of carbonyl (C=O) groups is 8. The van der Waals surface area contributed by atoms with Gasteiger partial charge in [0.05, 0.1) is 19.6 Å². The van der Waals surface area contributed by atoms with Gasteiger partial charge in [-0.15, -0.1) is 0 Å². The Morgan fingerprint density at radius 3 is 1.81 bits per heavy atom. The third kappa shape index (κ3) is 17.0. The minimum absolute atomic E-state index is 0.0330. The van der Waals surface area contributed by atoms with Crippen molar-refractivity contribution < 1.29 is 48.6 Å². The van der Waals surface area contributed by atoms with Crippen LogP contribution < -0.4 is 49.1 Å². The van der Waals surface area contributed by atoms with E-state index in [0.29, 0.717) is 24.1 Å². The van der Waals surface area contributed by atoms with E-state index < -0.39 is 109 Å². The van der Waals surface area contributed by atoms with Crippen LogP contribution in [0.15, 0.2) is 24.3 Å². The molecule has 14 N–H and O–H groups in total. The van der Waals surface area contributed by atoms with E-state index in [1.54, 1.807) is 38.1 Å². The molecular formula is C35H57N9O10. The molecule has 1 rings (SSSR count). The molecule has 0 aromatic heterocycles. The molecule has 0 saturated carbocycles. The van der Waals surface area contributed by atoms with Gasteiger partial charge in [0.15, 0.2) is 0 Å². The zero-order valence-corrected chi connectivity index (χ0v) is 31.5. The molecule has 302 valence electrons. The standard InChI is InChI=1S/C35H57N9O10/c1-6-7-8-23(30(38)49)41-32(51)24(13-18(2)3)40-27(46)16-39-35(54)29(19(4)5)44-34(53)25(14-20-9-11-21(36)12-10-20)43-33(52)26(15-28(47)48)42-31(50)22(37)17-45/h9-12,18-19,22-26,29,45H,6-8,13-17,36-37H2,1-5H3,(H2,38,49)(H,39,54)(H,40,46)(H,41,51)(H,42,50)(H,43,52)(H,44,53)(H,47,48)/t22-,23-,24-,25-,26-,29-/m0/s1. The number of carboxylic acid groups (broad SMARTS) is 1. The molecule has 54 heavy (non-hydrogen) atoms. The fourth-order valence-electron chi connectivity index (χ4n) is 5.10. The highest BCUT2D eigenvalue weighted by atomic mass is 16.4. The number of benzene rings is 1. The van der Waals surface area contributed by atoms with Crippen molar-refractivity contribution in [3.63, 3.8) is 0 Å². The molecule has 0 heterocycles. The summed E-state index contributed by atoms with van der Waals surface area (Å²) in [6.07, 6.45) is 0.951. The van der Waals surface area contributed by atoms with Gasteiger partial charge >= 0.3 is 5.97 Å². The second-order valence-corrected chi connectivity index (χ2v) is 13.8. The first kappa shape index (κ1) is 46.7. The van der Waals surface area contributed by atoms with E-state index in [0.717, 1.165) is 6.42 Å². The van der Waals surface area contributed by atoms with Crippen molar-refractivity contribution >= 4 is 53.0 Å². The summed E-state index contributed by atoms with van der Waals surface area (Å²) < 4.78 is 0. The number of unbranched alkanes of at least 4 members (excludes halogenated alkanes) is 1. The Hall–Kier alpha value is -5.30. The highest BCUT2D eigenvalue weighted by Gasteiger charge is 2.33. The fraction of sp³-hybridized carbons (Fsp3) is 0.600. The summed E-state index contributed by atoms with van der Waals surface area (Å²) in [6, 6.07) is -1.43. The predicted molar refractivity (Wildman–Crippen MR) is 198 cm³/mol. The van der Waals surface area contributed by atoms with Crippen LogP contribution >= 0.6 is 0 Å². The van der Waals surface area contributed by atoms with Gasteiger partial charge in [-0.2, -0.15) is 0 Å². The van der Waals surface area contributed by atoms with Crippen molar-refractivity contribution in [1.82, 2.24) is 31.9 Å². The zero-order valence-electron chi connectivity index (χ0n) is 31.5. The van der Waals surface area contributed by atoms with Gasteiger partial charge in [-0.3, -0.25) is 38.4 Å². The number of aliphatic hydroxyl groups excluding tert-OH is 1. The van der Waals surface area contributed by atoms with Crippen molar-refractivity contribution in [3.05, 3.63) is 29.8 Å². The Morgan fingerprint density at radius 2 is 1.30 bits per heavy atom. The summed E-state index contributed by atoms with van der Waals surface area (Å²) in [4.78, 5) is 102. The topological polar surface area (TPSA) is 327 Å². The van der Waals surface area contributed by atoms with Gasteiger partial charge in [-0.1, -0.05) is 59.6 Å². The minimum Gasteiger partial charge on any atom is -0.481 e. The molecule has 1 aromatic rings. The first-order valence-electron chi connectivity index (χ1n) is 17.8. The summed E-state index contributed by atoms with van der Waals surface area (Å²) in [5.74, 6) is -7.74. The number of hydrogen-bond acceptors (Lipinski definition) is 11. The summed E-state index contributed by atoms with van der Waals surface area (Å²) in [5.41, 5.74) is 17.7. The second kappa shape index (κ2) is 23.4. The lowest BCUT2D eigenvalue weighted by atomic mass is 10.00. The molecular weight excluding hydrogens is 706 g/mol. The lowest BCUT2D eigenvalue weighted by molar-refractivity contribution is -0.141. The van der Waals surface area contributed by atoms with Gasteiger partial charge in [-0.05, 0) is 42.4 Å². The van der Waals surface area contributed by atoms with Crippen LogP contribution in [-0.2, 0) is 44.8 Å². The highest BCUT2D eigenvalue weighted by Crippen LogP contribution is 2.11. The van der Waals surface area contributed by atoms with Crippen molar-refractivity contribution in [1.29, 1.82) is 0 Å². The Bertz CT molecular complexity index is 1460. The quantitative estimate of drug-likeness (QED) is 0.0488. The number of amides is 7. The lowest BCUT2D eigenvalue weighted by Crippen LogP contribution is -2.60. The zero-order chi connectivity index (χ0) is 41.1. The molecule has 0 aliphatic carbocycles. The van der Waals surface area contributed by atoms with Crippen molar-refractivity contribution in [2.45, 2.75) is 109 Å². The molecule has 0 radical (unpaired) electrons. The van der Waals surface area contributed by atoms with Crippen LogP contribution in [0.3, 0.4) is 0 Å². The Morgan fingerprint density at radius 1 is 0.741 bits per heavy atom. The van der Waals surface area contributed by atoms with Crippen molar-refractivity contribution in [2.24, 2.45) is 23.3 Å². The van der Waals surface area contributed by atoms with Crippen LogP contribution in [0.2, 0.25) is 0 Å². The normalized spacial score (nSPS) is 14.4. The number of hydrogen-bond donors (Lipinski definition) is 11. The van der Waals surface area contributed by atoms with E-state index in [1.807, 2.05) is 20.8 Å². The van der Waals surface area contributed by atoms with Crippen LogP contribution in [0.4, 0.5) is 5.69 Å². The Kier molecular flexibility index (Phi) is 20.2. The molecule has 0 aliphatic rings. The SMILES string of the molecule is CCCC[C@H](NC(=O)[C@H](CC(C)C)NC(=O)CNC(=O)[C@@H](NC(=O)[C@H](Cc1ccc(N)cc1)NC(=O)[C@H](CC(=O)O)NC(=O)[C@@H](N)CO)C(C)C)C(N)=O. The van der Waals surface area contributed by atoms with Crippen LogP contribution in [0.25, 0.3) is 0 Å². The number of aliphatic carboxylic acids is 1. The van der Waals surface area contributed by atoms with E-state index in [2.05, 4.69) is 31.9 Å². The van der Waals surface area contributed by atoms with Gasteiger partial charge in [0.25, 0.3) is 0 Å². The summed E-state index contributed by atoms with van der Waals surface area (Å²) in [6.45, 7) is 7.49. The molecule has 0 unspecified atom stereocenters. The van der Waals surface area contributed by atoms with Crippen LogP contribution in [0.5, 0.6) is 0 Å². The maximum atomic E-state index is 13.7. The third-order valence-corrected chi connectivity index (χ3v) is 8.13. The number of nitrogens with two attached hydrogens (primary N) is 3. The predicted octanol–water partition coefficient (Wildman–Crippen LogP) is -2.48. The number of primary amides is 1. The molecule has 0 fully saturated rings. The number of rotatable bonds is 24. The van der Waals surface area contributed by atoms with E-state index in [9.17, 15) is 48.6 Å². The molecule has 7 amide bonds. The van der Waals surface area contributed by atoms with E-state index >= 15 is 0 Å². The second-order valence-electron chi connectivity index (χ2n) is 13.8. The van der Waals surface area contributed by atoms with Gasteiger partial charge < -0.3 is 59.3 Å². The van der Waals surface area contributed by atoms with Crippen molar-refractivity contribution in [2.75, 3.05) is 18.9 Å². The number of nitrogen functional groups attached to an aromatic ring is 1. The largest absolute Gasteiger partial charge is 0.481 e. The first-order valence-corrected chi connectivity index (χ1v) is 17.8. The maximum absolute atomic E-state index is 13.7. The molecule has 0 spiro atoms. The summed E-state index contributed by atoms with van der Waals surface area (Å²) in [7, 11) is 0. The molecule has 0 bridgehead atoms. The highest BCUT2D eigenvalue weighted by molar-refractivity contribution is 5.97. The molecule has 0 aliphatic heterocycles. The summed E-state index contributed by atoms with van der Waals surface area (Å²) >= 11 is 0. The van der Waals surface area contributed by atoms with Crippen LogP contribution in [0.1, 0.15) is 72.3 Å². The van der Waals surface area contributed by atoms with E-state index in [-0.39, 0.29) is 18.8 Å². The smallest absolute Gasteiger partial charge is 0.305 e. The monoisotopic (exact) mass is 763 g/mol. The fourth-order valence-corrected chi connectivity index (χ4v) is 5.10. The molecule has 6 atom stereocenters. The third-order valence-electron chi connectivity index (χ3n) is 8.13. The average Bonchev–Trinajstić information content (AvgIpc) is 3.09. The average molecular weight is 764 g/mol. The molecule has 0 saturated heterocycles. The number of carboxylic acids is 1.